The standard InChI is InChI=1S/C16H20BrN5O/c1-3-18-14-9-11(2)21-16(22-14)20-8-7-19-15(23)12-5-4-6-13(17)10-12/h4-6,9-10H,3,7-8H2,1-2H3,(H,19,23)(H2,18,20,21,22). The van der Waals surface area contributed by atoms with Crippen LogP contribution in [0, 0.1) is 6.92 Å². The normalized spacial score (nSPS) is 10.2. The van der Waals surface area contributed by atoms with Gasteiger partial charge >= 0.3 is 0 Å². The van der Waals surface area contributed by atoms with Crippen LogP contribution in [0.5, 0.6) is 0 Å². The summed E-state index contributed by atoms with van der Waals surface area (Å²) in [4.78, 5) is 20.7. The Morgan fingerprint density at radius 3 is 2.74 bits per heavy atom. The fourth-order valence-corrected chi connectivity index (χ4v) is 2.40. The zero-order valence-corrected chi connectivity index (χ0v) is 14.8. The lowest BCUT2D eigenvalue weighted by Crippen LogP contribution is -2.29. The van der Waals surface area contributed by atoms with E-state index in [1.807, 2.05) is 32.0 Å². The van der Waals surface area contributed by atoms with Gasteiger partial charge in [-0.15, -0.1) is 0 Å². The second-order valence-corrected chi connectivity index (χ2v) is 5.86. The van der Waals surface area contributed by atoms with Crippen LogP contribution in [0.25, 0.3) is 0 Å². The molecule has 122 valence electrons. The van der Waals surface area contributed by atoms with E-state index < -0.39 is 0 Å². The molecule has 0 atom stereocenters. The second-order valence-electron chi connectivity index (χ2n) is 4.94. The van der Waals surface area contributed by atoms with E-state index in [-0.39, 0.29) is 5.91 Å². The van der Waals surface area contributed by atoms with Gasteiger partial charge in [-0.2, -0.15) is 4.98 Å². The first-order valence-corrected chi connectivity index (χ1v) is 8.25. The van der Waals surface area contributed by atoms with Crippen molar-refractivity contribution >= 4 is 33.6 Å². The average Bonchev–Trinajstić information content (AvgIpc) is 2.51. The maximum Gasteiger partial charge on any atom is 0.251 e. The van der Waals surface area contributed by atoms with Gasteiger partial charge in [-0.05, 0) is 32.0 Å². The number of aromatic nitrogens is 2. The highest BCUT2D eigenvalue weighted by Gasteiger charge is 2.05. The van der Waals surface area contributed by atoms with Crippen molar-refractivity contribution in [1.82, 2.24) is 15.3 Å². The van der Waals surface area contributed by atoms with Crippen LogP contribution >= 0.6 is 15.9 Å². The monoisotopic (exact) mass is 377 g/mol. The fraction of sp³-hybridized carbons (Fsp3) is 0.312. The van der Waals surface area contributed by atoms with Crippen LogP contribution in [0.15, 0.2) is 34.8 Å². The highest BCUT2D eigenvalue weighted by atomic mass is 79.9. The van der Waals surface area contributed by atoms with Crippen LogP contribution < -0.4 is 16.0 Å². The molecule has 1 amide bonds. The van der Waals surface area contributed by atoms with Gasteiger partial charge in [-0.3, -0.25) is 4.79 Å². The van der Waals surface area contributed by atoms with Gasteiger partial charge in [0.15, 0.2) is 0 Å². The molecule has 0 saturated carbocycles. The van der Waals surface area contributed by atoms with Gasteiger partial charge in [0, 0.05) is 41.4 Å². The fourth-order valence-electron chi connectivity index (χ4n) is 2.00. The Kier molecular flexibility index (Phi) is 6.34. The van der Waals surface area contributed by atoms with Crippen LogP contribution in [0.4, 0.5) is 11.8 Å². The number of benzene rings is 1. The molecule has 0 spiro atoms. The molecule has 0 aliphatic carbocycles. The van der Waals surface area contributed by atoms with E-state index in [1.165, 1.54) is 0 Å². The number of aryl methyl sites for hydroxylation is 1. The zero-order valence-electron chi connectivity index (χ0n) is 13.2. The molecule has 0 saturated heterocycles. The maximum absolute atomic E-state index is 12.0. The van der Waals surface area contributed by atoms with Gasteiger partial charge in [0.2, 0.25) is 5.95 Å². The third-order valence-electron chi connectivity index (χ3n) is 2.99. The summed E-state index contributed by atoms with van der Waals surface area (Å²) < 4.78 is 0.882. The number of hydrogen-bond acceptors (Lipinski definition) is 5. The predicted octanol–water partition coefficient (Wildman–Crippen LogP) is 2.82. The van der Waals surface area contributed by atoms with Crippen molar-refractivity contribution in [2.75, 3.05) is 30.3 Å². The Morgan fingerprint density at radius 1 is 1.17 bits per heavy atom. The average molecular weight is 378 g/mol. The minimum Gasteiger partial charge on any atom is -0.370 e. The summed E-state index contributed by atoms with van der Waals surface area (Å²) in [5.74, 6) is 1.24. The lowest BCUT2D eigenvalue weighted by Gasteiger charge is -2.09. The first-order valence-electron chi connectivity index (χ1n) is 7.45. The first-order chi connectivity index (χ1) is 11.1. The van der Waals surface area contributed by atoms with Crippen molar-refractivity contribution in [3.05, 3.63) is 46.1 Å². The third kappa shape index (κ3) is 5.52. The zero-order chi connectivity index (χ0) is 16.7. The van der Waals surface area contributed by atoms with E-state index in [0.29, 0.717) is 24.6 Å². The summed E-state index contributed by atoms with van der Waals surface area (Å²) in [5, 5.41) is 9.13. The van der Waals surface area contributed by atoms with E-state index in [2.05, 4.69) is 41.8 Å². The van der Waals surface area contributed by atoms with E-state index in [9.17, 15) is 4.79 Å². The van der Waals surface area contributed by atoms with Crippen LogP contribution in [0.2, 0.25) is 0 Å². The summed E-state index contributed by atoms with van der Waals surface area (Å²) in [7, 11) is 0. The molecule has 0 radical (unpaired) electrons. The molecular weight excluding hydrogens is 358 g/mol. The van der Waals surface area contributed by atoms with E-state index in [1.54, 1.807) is 12.1 Å². The van der Waals surface area contributed by atoms with Gasteiger partial charge in [0.05, 0.1) is 0 Å². The van der Waals surface area contributed by atoms with Crippen molar-refractivity contribution in [2.24, 2.45) is 0 Å². The summed E-state index contributed by atoms with van der Waals surface area (Å²) in [6.07, 6.45) is 0. The SMILES string of the molecule is CCNc1cc(C)nc(NCCNC(=O)c2cccc(Br)c2)n1. The Labute approximate surface area is 144 Å². The van der Waals surface area contributed by atoms with Crippen LogP contribution in [0.3, 0.4) is 0 Å². The molecule has 0 fully saturated rings. The quantitative estimate of drug-likeness (QED) is 0.646. The highest BCUT2D eigenvalue weighted by Crippen LogP contribution is 2.11. The number of anilines is 2. The van der Waals surface area contributed by atoms with Crippen molar-refractivity contribution in [3.8, 4) is 0 Å². The van der Waals surface area contributed by atoms with E-state index in [4.69, 9.17) is 0 Å². The molecule has 1 aromatic carbocycles. The molecule has 2 aromatic rings. The largest absolute Gasteiger partial charge is 0.370 e. The third-order valence-corrected chi connectivity index (χ3v) is 3.49. The molecule has 6 nitrogen and oxygen atoms in total. The predicted molar refractivity (Wildman–Crippen MR) is 95.9 cm³/mol. The van der Waals surface area contributed by atoms with Gasteiger partial charge in [-0.1, -0.05) is 22.0 Å². The molecule has 7 heteroatoms. The molecule has 23 heavy (non-hydrogen) atoms. The minimum atomic E-state index is -0.105. The molecule has 0 aliphatic heterocycles. The Bertz CT molecular complexity index is 677. The number of amides is 1. The molecule has 0 bridgehead atoms. The van der Waals surface area contributed by atoms with Gasteiger partial charge < -0.3 is 16.0 Å². The number of nitrogens with one attached hydrogen (secondary N) is 3. The van der Waals surface area contributed by atoms with Crippen molar-refractivity contribution < 1.29 is 4.79 Å². The van der Waals surface area contributed by atoms with Crippen molar-refractivity contribution in [3.63, 3.8) is 0 Å². The topological polar surface area (TPSA) is 78.9 Å². The number of carbonyl (C=O) groups excluding carboxylic acids is 1. The lowest BCUT2D eigenvalue weighted by atomic mass is 10.2. The number of nitrogens with zero attached hydrogens (tertiary/aromatic N) is 2. The van der Waals surface area contributed by atoms with Gasteiger partial charge in [-0.25, -0.2) is 4.98 Å². The Hall–Kier alpha value is -2.15. The number of halogens is 1. The van der Waals surface area contributed by atoms with Crippen LogP contribution in [0.1, 0.15) is 23.0 Å². The Morgan fingerprint density at radius 2 is 2.00 bits per heavy atom. The van der Waals surface area contributed by atoms with Crippen molar-refractivity contribution in [1.29, 1.82) is 0 Å². The molecule has 0 unspecified atom stereocenters. The molecule has 3 N–H and O–H groups in total. The highest BCUT2D eigenvalue weighted by molar-refractivity contribution is 9.10. The Balaban J connectivity index is 1.82. The number of rotatable bonds is 7. The molecular formula is C16H20BrN5O. The van der Waals surface area contributed by atoms with E-state index >= 15 is 0 Å². The number of carbonyl (C=O) groups is 1. The molecule has 2 rings (SSSR count). The first kappa shape index (κ1) is 17.2. The molecule has 0 aliphatic rings. The van der Waals surface area contributed by atoms with E-state index in [0.717, 1.165) is 22.5 Å². The minimum absolute atomic E-state index is 0.105. The smallest absolute Gasteiger partial charge is 0.251 e. The summed E-state index contributed by atoms with van der Waals surface area (Å²) in [6, 6.07) is 9.17. The second kappa shape index (κ2) is 8.47. The van der Waals surface area contributed by atoms with Gasteiger partial charge in [0.25, 0.3) is 5.91 Å². The summed E-state index contributed by atoms with van der Waals surface area (Å²) in [6.45, 7) is 5.78. The maximum atomic E-state index is 12.0. The van der Waals surface area contributed by atoms with Crippen LogP contribution in [-0.4, -0.2) is 35.5 Å². The number of hydrogen-bond donors (Lipinski definition) is 3. The van der Waals surface area contributed by atoms with Gasteiger partial charge in [0.1, 0.15) is 5.82 Å². The summed E-state index contributed by atoms with van der Waals surface area (Å²) >= 11 is 3.35. The van der Waals surface area contributed by atoms with Crippen LogP contribution in [-0.2, 0) is 0 Å². The molecule has 1 heterocycles. The molecule has 1 aromatic heterocycles. The van der Waals surface area contributed by atoms with Crippen molar-refractivity contribution in [2.45, 2.75) is 13.8 Å². The lowest BCUT2D eigenvalue weighted by molar-refractivity contribution is 0.0955. The summed E-state index contributed by atoms with van der Waals surface area (Å²) in [5.41, 5.74) is 1.51.